The Labute approximate surface area is 268 Å². The van der Waals surface area contributed by atoms with Gasteiger partial charge < -0.3 is 30.4 Å². The molecule has 11 heteroatoms. The molecule has 242 valence electrons. The average molecular weight is 626 g/mol. The number of hydrogen-bond acceptors (Lipinski definition) is 7. The largest absolute Gasteiger partial charge is 0.482 e. The molecule has 4 aromatic heterocycles. The monoisotopic (exact) mass is 625 g/mol. The number of nitrogens with one attached hydrogen (secondary N) is 1. The van der Waals surface area contributed by atoms with E-state index < -0.39 is 5.60 Å². The lowest BCUT2D eigenvalue weighted by Crippen LogP contribution is -2.47. The summed E-state index contributed by atoms with van der Waals surface area (Å²) in [6, 6.07) is 9.77. The van der Waals surface area contributed by atoms with E-state index in [1.54, 1.807) is 14.0 Å². The van der Waals surface area contributed by atoms with Gasteiger partial charge in [0.25, 0.3) is 11.8 Å². The van der Waals surface area contributed by atoms with E-state index in [0.29, 0.717) is 23.0 Å². The van der Waals surface area contributed by atoms with Crippen molar-refractivity contribution in [1.29, 1.82) is 0 Å². The Morgan fingerprint density at radius 2 is 1.91 bits per heavy atom. The Kier molecular flexibility index (Phi) is 6.74. The van der Waals surface area contributed by atoms with Crippen molar-refractivity contribution in [2.24, 2.45) is 17.6 Å². The summed E-state index contributed by atoms with van der Waals surface area (Å²) < 4.78 is 10.1. The highest BCUT2D eigenvalue weighted by atomic mass is 16.5. The lowest BCUT2D eigenvalue weighted by molar-refractivity contribution is -0.140. The third-order valence-corrected chi connectivity index (χ3v) is 11.0. The van der Waals surface area contributed by atoms with E-state index in [2.05, 4.69) is 16.0 Å². The molecule has 46 heavy (non-hydrogen) atoms. The lowest BCUT2D eigenvalue weighted by Gasteiger charge is -2.24. The second-order valence-electron chi connectivity index (χ2n) is 14.3. The maximum absolute atomic E-state index is 13.8. The predicted molar refractivity (Wildman–Crippen MR) is 173 cm³/mol. The quantitative estimate of drug-likeness (QED) is 0.254. The molecular formula is C35H43N7O4. The van der Waals surface area contributed by atoms with Crippen LogP contribution in [0.15, 0.2) is 30.3 Å². The van der Waals surface area contributed by atoms with E-state index >= 15 is 0 Å². The highest BCUT2D eigenvalue weighted by Crippen LogP contribution is 2.41. The Morgan fingerprint density at radius 3 is 2.57 bits per heavy atom. The number of fused-ring (bicyclic) bond motifs is 4. The number of carbonyl (C=O) groups excluding carboxylic acids is 2. The summed E-state index contributed by atoms with van der Waals surface area (Å²) in [6.07, 6.45) is 6.91. The van der Waals surface area contributed by atoms with Crippen molar-refractivity contribution in [2.75, 3.05) is 7.11 Å². The van der Waals surface area contributed by atoms with E-state index in [9.17, 15) is 14.7 Å². The average Bonchev–Trinajstić information content (AvgIpc) is 3.94. The number of amides is 2. The number of aromatic nitrogens is 4. The highest BCUT2D eigenvalue weighted by molar-refractivity contribution is 5.97. The zero-order valence-corrected chi connectivity index (χ0v) is 27.0. The van der Waals surface area contributed by atoms with Crippen molar-refractivity contribution in [3.63, 3.8) is 0 Å². The van der Waals surface area contributed by atoms with E-state index in [-0.39, 0.29) is 41.9 Å². The molecule has 2 saturated carbocycles. The molecule has 4 aliphatic rings. The third kappa shape index (κ3) is 4.69. The maximum Gasteiger partial charge on any atom is 0.254 e. The molecule has 2 saturated heterocycles. The normalized spacial score (nSPS) is 24.5. The first kappa shape index (κ1) is 29.4. The Morgan fingerprint density at radius 1 is 1.13 bits per heavy atom. The van der Waals surface area contributed by atoms with Crippen LogP contribution in [0.4, 0.5) is 0 Å². The second-order valence-corrected chi connectivity index (χ2v) is 14.3. The minimum Gasteiger partial charge on any atom is -0.482 e. The summed E-state index contributed by atoms with van der Waals surface area (Å²) in [5.74, 6) is 0.783. The number of methoxy groups -OCH3 is 1. The van der Waals surface area contributed by atoms with Crippen LogP contribution in [0.25, 0.3) is 28.1 Å². The first-order chi connectivity index (χ1) is 22.0. The van der Waals surface area contributed by atoms with Gasteiger partial charge in [-0.15, -0.1) is 0 Å². The first-order valence-corrected chi connectivity index (χ1v) is 16.7. The van der Waals surface area contributed by atoms with Crippen LogP contribution in [0.5, 0.6) is 5.88 Å². The number of pyridine rings is 2. The minimum atomic E-state index is -1.37. The molecule has 0 radical (unpaired) electrons. The molecule has 0 spiro atoms. The molecule has 2 aliphatic carbocycles. The number of nitrogens with two attached hydrogens (primary N) is 1. The molecule has 4 N–H and O–H groups in total. The number of carbonyl (C=O) groups is 2. The van der Waals surface area contributed by atoms with Crippen molar-refractivity contribution in [1.82, 2.24) is 29.2 Å². The maximum atomic E-state index is 13.8. The Bertz CT molecular complexity index is 1880. The number of ether oxygens (including phenoxy) is 1. The molecule has 2 aliphatic heterocycles. The first-order valence-electron chi connectivity index (χ1n) is 16.7. The smallest absolute Gasteiger partial charge is 0.254 e. The third-order valence-electron chi connectivity index (χ3n) is 11.0. The summed E-state index contributed by atoms with van der Waals surface area (Å²) in [4.78, 5) is 38.9. The van der Waals surface area contributed by atoms with Crippen LogP contribution >= 0.6 is 0 Å². The van der Waals surface area contributed by atoms with Crippen LogP contribution in [0.2, 0.25) is 0 Å². The van der Waals surface area contributed by atoms with Crippen LogP contribution < -0.4 is 15.8 Å². The molecule has 11 nitrogen and oxygen atoms in total. The number of aliphatic hydroxyl groups is 1. The van der Waals surface area contributed by atoms with Gasteiger partial charge in [0.05, 0.1) is 30.2 Å². The SMILES string of the molecule is COc1cc(C(=O)N2[C@H]3CC[C@@H]2[C@H](N)C3)cc2nc(-c3cc4ccc([C@@H](C)NC(=O)C(C)(O)C5CC5)nc4n3CC3CC3)c(C)n12. The Balaban J connectivity index is 1.17. The molecule has 4 aromatic rings. The fourth-order valence-corrected chi connectivity index (χ4v) is 7.86. The summed E-state index contributed by atoms with van der Waals surface area (Å²) in [5, 5.41) is 14.7. The fourth-order valence-electron chi connectivity index (χ4n) is 7.86. The zero-order chi connectivity index (χ0) is 32.1. The molecule has 2 amide bonds. The number of nitrogens with zero attached hydrogens (tertiary/aromatic N) is 5. The summed E-state index contributed by atoms with van der Waals surface area (Å²) in [6.45, 7) is 6.36. The summed E-state index contributed by atoms with van der Waals surface area (Å²) >= 11 is 0. The van der Waals surface area contributed by atoms with E-state index in [0.717, 1.165) is 72.5 Å². The second kappa shape index (κ2) is 10.5. The number of rotatable bonds is 9. The summed E-state index contributed by atoms with van der Waals surface area (Å²) in [5.41, 5.74) is 10.5. The predicted octanol–water partition coefficient (Wildman–Crippen LogP) is 4.12. The van der Waals surface area contributed by atoms with Crippen LogP contribution in [-0.2, 0) is 11.3 Å². The Hall–Kier alpha value is -3.96. The van der Waals surface area contributed by atoms with Crippen molar-refractivity contribution < 1.29 is 19.4 Å². The molecular weight excluding hydrogens is 582 g/mol. The topological polar surface area (TPSA) is 140 Å². The molecule has 4 fully saturated rings. The zero-order valence-electron chi connectivity index (χ0n) is 27.0. The van der Waals surface area contributed by atoms with Gasteiger partial charge in [0.1, 0.15) is 22.6 Å². The molecule has 8 rings (SSSR count). The van der Waals surface area contributed by atoms with Crippen molar-refractivity contribution in [3.05, 3.63) is 47.3 Å². The van der Waals surface area contributed by atoms with Gasteiger partial charge >= 0.3 is 0 Å². The van der Waals surface area contributed by atoms with Crippen molar-refractivity contribution >= 4 is 28.5 Å². The highest BCUT2D eigenvalue weighted by Gasteiger charge is 2.48. The van der Waals surface area contributed by atoms with Crippen LogP contribution in [0, 0.1) is 18.8 Å². The summed E-state index contributed by atoms with van der Waals surface area (Å²) in [7, 11) is 1.62. The molecule has 1 unspecified atom stereocenters. The molecule has 5 atom stereocenters. The van der Waals surface area contributed by atoms with Gasteiger partial charge in [-0.3, -0.25) is 14.0 Å². The van der Waals surface area contributed by atoms with E-state index in [4.69, 9.17) is 20.4 Å². The van der Waals surface area contributed by atoms with Gasteiger partial charge in [-0.1, -0.05) is 0 Å². The lowest BCUT2D eigenvalue weighted by atomic mass is 9.97. The number of aryl methyl sites for hydroxylation is 1. The van der Waals surface area contributed by atoms with Crippen LogP contribution in [0.3, 0.4) is 0 Å². The van der Waals surface area contributed by atoms with Gasteiger partial charge in [0, 0.05) is 41.7 Å². The van der Waals surface area contributed by atoms with E-state index in [1.807, 2.05) is 47.4 Å². The number of hydrogen-bond donors (Lipinski definition) is 3. The molecule has 0 aromatic carbocycles. The van der Waals surface area contributed by atoms with E-state index in [1.165, 1.54) is 12.8 Å². The molecule has 2 bridgehead atoms. The van der Waals surface area contributed by atoms with Crippen LogP contribution in [-0.4, -0.2) is 71.6 Å². The fraction of sp³-hybridized carbons (Fsp3) is 0.543. The minimum absolute atomic E-state index is 0.0112. The van der Waals surface area contributed by atoms with Gasteiger partial charge in [-0.25, -0.2) is 9.97 Å². The number of imidazole rings is 1. The van der Waals surface area contributed by atoms with Gasteiger partial charge in [-0.2, -0.15) is 0 Å². The standard InChI is InChI=1S/C35H43N7O4/c1-18(37-34(44)35(3,45)23-8-9-23)26-11-7-21-13-28(40(32(21)38-26)17-20-5-6-20)31-19(2)41-29(39-31)14-22(15-30(41)46-4)33(43)42-24-10-12-27(42)25(36)16-24/h7,11,13-15,18,20,23-25,27,45H,5-6,8-10,12,16-17,36H2,1-4H3,(H,37,44)/t18-,24+,25-,27-,35?/m1/s1. The molecule has 6 heterocycles. The van der Waals surface area contributed by atoms with Crippen LogP contribution in [0.1, 0.15) is 86.6 Å². The van der Waals surface area contributed by atoms with Crippen molar-refractivity contribution in [3.8, 4) is 17.3 Å². The van der Waals surface area contributed by atoms with Gasteiger partial charge in [0.2, 0.25) is 0 Å². The van der Waals surface area contributed by atoms with Gasteiger partial charge in [0.15, 0.2) is 5.88 Å². The van der Waals surface area contributed by atoms with Crippen molar-refractivity contribution in [2.45, 2.75) is 102 Å². The van der Waals surface area contributed by atoms with Gasteiger partial charge in [-0.05, 0) is 102 Å².